The molecule has 0 saturated carbocycles. The zero-order valence-electron chi connectivity index (χ0n) is 37.4. The summed E-state index contributed by atoms with van der Waals surface area (Å²) < 4.78 is 24.1. The van der Waals surface area contributed by atoms with Crippen LogP contribution in [0.4, 0.5) is 0 Å². The molecule has 0 radical (unpaired) electrons. The second-order valence-electron chi connectivity index (χ2n) is 18.4. The van der Waals surface area contributed by atoms with Gasteiger partial charge in [0.1, 0.15) is 23.7 Å². The number of ether oxygens (including phenoxy) is 4. The third-order valence-electron chi connectivity index (χ3n) is 13.4. The summed E-state index contributed by atoms with van der Waals surface area (Å²) >= 11 is 0. The maximum atomic E-state index is 14.8. The number of nitrogens with zero attached hydrogens (tertiary/aromatic N) is 1. The number of rotatable bonds is 4. The Balaban J connectivity index is 1.47. The SMILES string of the molecule is CO[C@H]1/C=C/O[C@@]2(C)Oc3c(C)c(O)c4c(c3C2=O)[C@@H]2NC3(CCN(CC(C)C)CC3)NC2=C(NC(=O)/C(C)=C\C=C\[C@H](C)[C@H](O)[C@@H](C)[C@@H](O)[C@@H](C)[C@H](OC(C)=O)[C@@H]1C)[C@@H]4O. The molecule has 1 spiro atoms. The molecule has 4 heterocycles. The monoisotopic (exact) mass is 850 g/mol. The van der Waals surface area contributed by atoms with Crippen molar-refractivity contribution in [3.8, 4) is 11.5 Å². The topological polar surface area (TPSA) is 208 Å². The van der Waals surface area contributed by atoms with E-state index in [4.69, 9.17) is 18.9 Å². The smallest absolute Gasteiger partial charge is 0.312 e. The van der Waals surface area contributed by atoms with Crippen LogP contribution in [0, 0.1) is 36.5 Å². The highest BCUT2D eigenvalue weighted by molar-refractivity contribution is 6.09. The summed E-state index contributed by atoms with van der Waals surface area (Å²) in [6.07, 6.45) is 3.95. The van der Waals surface area contributed by atoms with Crippen molar-refractivity contribution in [2.75, 3.05) is 26.7 Å². The average molecular weight is 851 g/mol. The average Bonchev–Trinajstić information content (AvgIpc) is 3.71. The summed E-state index contributed by atoms with van der Waals surface area (Å²) in [5.74, 6) is -5.52. The van der Waals surface area contributed by atoms with E-state index in [0.29, 0.717) is 35.6 Å². The Morgan fingerprint density at radius 1 is 0.984 bits per heavy atom. The van der Waals surface area contributed by atoms with Crippen molar-refractivity contribution < 1.29 is 53.8 Å². The van der Waals surface area contributed by atoms with E-state index >= 15 is 0 Å². The second-order valence-corrected chi connectivity index (χ2v) is 18.4. The Morgan fingerprint density at radius 3 is 2.28 bits per heavy atom. The minimum Gasteiger partial charge on any atom is -0.507 e. The van der Waals surface area contributed by atoms with Gasteiger partial charge in [-0.1, -0.05) is 59.8 Å². The van der Waals surface area contributed by atoms with Crippen LogP contribution in [-0.2, 0) is 23.8 Å². The summed E-state index contributed by atoms with van der Waals surface area (Å²) in [5.41, 5.74) is 1.04. The van der Waals surface area contributed by atoms with E-state index in [1.54, 1.807) is 65.8 Å². The number of aliphatic hydroxyl groups excluding tert-OH is 3. The molecule has 11 atom stereocenters. The largest absolute Gasteiger partial charge is 0.507 e. The molecule has 15 nitrogen and oxygen atoms in total. The van der Waals surface area contributed by atoms with Gasteiger partial charge in [0.2, 0.25) is 0 Å². The van der Waals surface area contributed by atoms with Crippen molar-refractivity contribution in [3.05, 3.63) is 69.8 Å². The number of fused-ring (bicyclic) bond motifs is 3. The molecule has 5 aliphatic rings. The highest BCUT2D eigenvalue weighted by atomic mass is 16.7. The number of phenolic OH excluding ortho intramolecular Hbond substituents is 1. The molecule has 1 aromatic rings. The molecule has 0 aromatic heterocycles. The Kier molecular flexibility index (Phi) is 13.5. The number of allylic oxidation sites excluding steroid dienone is 2. The maximum Gasteiger partial charge on any atom is 0.312 e. The molecule has 336 valence electrons. The molecule has 2 saturated heterocycles. The van der Waals surface area contributed by atoms with Crippen molar-refractivity contribution in [2.24, 2.45) is 29.6 Å². The third kappa shape index (κ3) is 8.74. The number of phenols is 1. The van der Waals surface area contributed by atoms with Gasteiger partial charge in [0.05, 0.1) is 53.2 Å². The number of piperidine rings is 1. The zero-order chi connectivity index (χ0) is 44.9. The fourth-order valence-electron chi connectivity index (χ4n) is 9.77. The maximum absolute atomic E-state index is 14.8. The molecule has 61 heavy (non-hydrogen) atoms. The number of ketones is 1. The van der Waals surface area contributed by atoms with Gasteiger partial charge in [-0.2, -0.15) is 0 Å². The number of aromatic hydroxyl groups is 1. The van der Waals surface area contributed by atoms with Crippen LogP contribution < -0.4 is 20.7 Å². The lowest BCUT2D eigenvalue weighted by molar-refractivity contribution is -0.160. The summed E-state index contributed by atoms with van der Waals surface area (Å²) in [7, 11) is 1.48. The van der Waals surface area contributed by atoms with Gasteiger partial charge < -0.3 is 54.9 Å². The summed E-state index contributed by atoms with van der Waals surface area (Å²) in [6.45, 7) is 19.9. The zero-order valence-corrected chi connectivity index (χ0v) is 37.4. The van der Waals surface area contributed by atoms with E-state index in [1.165, 1.54) is 27.2 Å². The van der Waals surface area contributed by atoms with Gasteiger partial charge in [-0.3, -0.25) is 19.7 Å². The fourth-order valence-corrected chi connectivity index (χ4v) is 9.77. The van der Waals surface area contributed by atoms with E-state index in [0.717, 1.165) is 19.6 Å². The Bertz CT molecular complexity index is 2000. The minimum absolute atomic E-state index is 0.0784. The number of methoxy groups -OCH3 is 1. The fraction of sp³-hybridized carbons (Fsp3) is 0.630. The number of esters is 1. The quantitative estimate of drug-likeness (QED) is 0.211. The number of carbonyl (C=O) groups is 3. The number of carbonyl (C=O) groups excluding carboxylic acids is 3. The molecule has 1 aliphatic carbocycles. The number of likely N-dealkylation sites (tertiary alicyclic amines) is 1. The van der Waals surface area contributed by atoms with E-state index in [9.17, 15) is 34.8 Å². The lowest BCUT2D eigenvalue weighted by atomic mass is 9.78. The molecular formula is C46H66N4O11. The number of Topliss-reactive ketones (excluding diaryl/α,β-unsaturated/α-hetero) is 1. The van der Waals surface area contributed by atoms with Gasteiger partial charge in [-0.25, -0.2) is 0 Å². The van der Waals surface area contributed by atoms with Crippen LogP contribution in [0.15, 0.2) is 47.5 Å². The summed E-state index contributed by atoms with van der Waals surface area (Å²) in [6, 6.07) is -0.760. The van der Waals surface area contributed by atoms with Crippen LogP contribution in [0.1, 0.15) is 114 Å². The normalized spacial score (nSPS) is 36.3. The van der Waals surface area contributed by atoms with Gasteiger partial charge in [-0.05, 0) is 44.2 Å². The summed E-state index contributed by atoms with van der Waals surface area (Å²) in [4.78, 5) is 43.5. The van der Waals surface area contributed by atoms with Crippen LogP contribution >= 0.6 is 0 Å². The van der Waals surface area contributed by atoms with Crippen LogP contribution in [0.2, 0.25) is 0 Å². The molecule has 1 amide bonds. The first-order valence-corrected chi connectivity index (χ1v) is 21.6. The van der Waals surface area contributed by atoms with Crippen LogP contribution in [0.25, 0.3) is 0 Å². The number of aliphatic hydroxyl groups is 3. The minimum atomic E-state index is -1.91. The van der Waals surface area contributed by atoms with Gasteiger partial charge in [0.15, 0.2) is 0 Å². The molecule has 15 heteroatoms. The Labute approximate surface area is 359 Å². The number of benzene rings is 1. The molecule has 7 N–H and O–H groups in total. The first-order valence-electron chi connectivity index (χ1n) is 21.6. The van der Waals surface area contributed by atoms with E-state index in [-0.39, 0.29) is 33.9 Å². The molecule has 0 unspecified atom stereocenters. The van der Waals surface area contributed by atoms with Crippen molar-refractivity contribution in [2.45, 2.75) is 130 Å². The molecule has 5 bridgehead atoms. The van der Waals surface area contributed by atoms with Crippen molar-refractivity contribution in [1.82, 2.24) is 20.9 Å². The predicted octanol–water partition coefficient (Wildman–Crippen LogP) is 4.31. The predicted molar refractivity (Wildman–Crippen MR) is 227 cm³/mol. The van der Waals surface area contributed by atoms with Gasteiger partial charge in [0.25, 0.3) is 11.7 Å². The lowest BCUT2D eigenvalue weighted by Crippen LogP contribution is -2.56. The van der Waals surface area contributed by atoms with Crippen LogP contribution in [-0.4, -0.2) is 106 Å². The third-order valence-corrected chi connectivity index (χ3v) is 13.4. The lowest BCUT2D eigenvalue weighted by Gasteiger charge is -2.40. The number of hydrogen-bond donors (Lipinski definition) is 7. The van der Waals surface area contributed by atoms with Crippen LogP contribution in [0.5, 0.6) is 11.5 Å². The first-order chi connectivity index (χ1) is 28.6. The standard InChI is InChI=1S/C46H66N4O11/c1-22(2)21-50-18-16-46(17-19-50)48-34-31-32-39(54)28(8)42-33(31)43(56)45(10,61-42)59-20-15-30(58-11)25(5)41(60-29(9)51)27(7)38(53)26(6)37(52)23(3)13-12-14-24(4)44(57)47-36(40(32)55)35(34)49-46/h12-15,20,22-23,25-27,30,34,37-38,40-41,48-49,52-55H,16-19,21H2,1-11H3,(H,47,57)/b13-12+,20-15+,24-14-/t23-,25+,26+,27+,30-,34-,37-,38+,40+,41+,45-/m0/s1. The second kappa shape index (κ2) is 17.9. The van der Waals surface area contributed by atoms with E-state index in [1.807, 2.05) is 0 Å². The van der Waals surface area contributed by atoms with Crippen LogP contribution in [0.3, 0.4) is 0 Å². The van der Waals surface area contributed by atoms with Crippen molar-refractivity contribution in [3.63, 3.8) is 0 Å². The van der Waals surface area contributed by atoms with Gasteiger partial charge >= 0.3 is 11.8 Å². The molecule has 6 rings (SSSR count). The Hall–Kier alpha value is -4.25. The molecule has 2 fully saturated rings. The molecule has 4 aliphatic heterocycles. The van der Waals surface area contributed by atoms with Crippen molar-refractivity contribution in [1.29, 1.82) is 0 Å². The highest BCUT2D eigenvalue weighted by Crippen LogP contribution is 2.55. The van der Waals surface area contributed by atoms with Gasteiger partial charge in [0, 0.05) is 81.0 Å². The summed E-state index contributed by atoms with van der Waals surface area (Å²) in [5, 5.41) is 57.4. The molecular weight excluding hydrogens is 785 g/mol. The Morgan fingerprint density at radius 2 is 1.66 bits per heavy atom. The van der Waals surface area contributed by atoms with E-state index < -0.39 is 89.3 Å². The number of amides is 1. The number of nitrogens with one attached hydrogen (secondary N) is 3. The van der Waals surface area contributed by atoms with Crippen molar-refractivity contribution >= 4 is 17.7 Å². The van der Waals surface area contributed by atoms with E-state index in [2.05, 4.69) is 34.7 Å². The first kappa shape index (κ1) is 46.3. The number of hydrogen-bond acceptors (Lipinski definition) is 14. The molecule has 1 aromatic carbocycles. The highest BCUT2D eigenvalue weighted by Gasteiger charge is 2.56. The van der Waals surface area contributed by atoms with Gasteiger partial charge in [-0.15, -0.1) is 0 Å².